The number of nitrogens with one attached hydrogen (secondary N) is 1. The molecule has 1 amide bonds. The molecule has 1 aliphatic rings. The maximum atomic E-state index is 11.9. The normalized spacial score (nSPS) is 14.5. The largest absolute Gasteiger partial charge is 0.495 e. The predicted molar refractivity (Wildman–Crippen MR) is 121 cm³/mol. The molecule has 8 heteroatoms. The van der Waals surface area contributed by atoms with E-state index in [1.165, 1.54) is 0 Å². The zero-order chi connectivity index (χ0) is 21.2. The van der Waals surface area contributed by atoms with Crippen LogP contribution in [0.4, 0.5) is 5.69 Å². The van der Waals surface area contributed by atoms with Gasteiger partial charge < -0.3 is 19.7 Å². The molecule has 1 N–H and O–H groups in total. The molecule has 0 atom stereocenters. The number of pyridine rings is 1. The number of hydrogen-bond donors (Lipinski definition) is 1. The van der Waals surface area contributed by atoms with E-state index in [9.17, 15) is 4.79 Å². The summed E-state index contributed by atoms with van der Waals surface area (Å²) in [7, 11) is 1.71. The zero-order valence-electron chi connectivity index (χ0n) is 17.3. The number of methoxy groups -OCH3 is 1. The van der Waals surface area contributed by atoms with Gasteiger partial charge in [0, 0.05) is 51.9 Å². The molecule has 1 saturated heterocycles. The van der Waals surface area contributed by atoms with Crippen LogP contribution < -0.4 is 15.0 Å². The van der Waals surface area contributed by atoms with Gasteiger partial charge in [0.1, 0.15) is 10.4 Å². The van der Waals surface area contributed by atoms with Crippen molar-refractivity contribution in [2.45, 2.75) is 13.0 Å². The number of rotatable bonds is 10. The third kappa shape index (κ3) is 6.97. The number of piperazine rings is 1. The smallest absolute Gasteiger partial charge is 0.222 e. The van der Waals surface area contributed by atoms with Crippen molar-refractivity contribution >= 4 is 27.5 Å². The van der Waals surface area contributed by atoms with Crippen LogP contribution in [-0.4, -0.2) is 68.8 Å². The first kappa shape index (κ1) is 22.5. The second kappa shape index (κ2) is 11.9. The van der Waals surface area contributed by atoms with Crippen molar-refractivity contribution in [1.29, 1.82) is 0 Å². The highest BCUT2D eigenvalue weighted by molar-refractivity contribution is 9.10. The van der Waals surface area contributed by atoms with Gasteiger partial charge in [0.15, 0.2) is 0 Å². The van der Waals surface area contributed by atoms with Gasteiger partial charge in [-0.2, -0.15) is 0 Å². The molecule has 1 aromatic heterocycles. The van der Waals surface area contributed by atoms with E-state index >= 15 is 0 Å². The van der Waals surface area contributed by atoms with E-state index < -0.39 is 0 Å². The highest BCUT2D eigenvalue weighted by Crippen LogP contribution is 2.28. The SMILES string of the molecule is COc1ccccc1N1CCN(CCOCCC(=O)NCc2ccc(Br)nc2)CC1. The number of anilines is 1. The van der Waals surface area contributed by atoms with Crippen molar-refractivity contribution in [3.8, 4) is 5.75 Å². The zero-order valence-corrected chi connectivity index (χ0v) is 18.9. The van der Waals surface area contributed by atoms with Crippen molar-refractivity contribution in [3.05, 3.63) is 52.8 Å². The molecular formula is C22H29BrN4O3. The first-order valence-electron chi connectivity index (χ1n) is 10.2. The number of ether oxygens (including phenoxy) is 2. The number of aromatic nitrogens is 1. The molecule has 0 saturated carbocycles. The Kier molecular flexibility index (Phi) is 8.92. The summed E-state index contributed by atoms with van der Waals surface area (Å²) in [5.74, 6) is 0.910. The Morgan fingerprint density at radius 2 is 1.93 bits per heavy atom. The van der Waals surface area contributed by atoms with Gasteiger partial charge in [-0.05, 0) is 39.7 Å². The van der Waals surface area contributed by atoms with Gasteiger partial charge >= 0.3 is 0 Å². The molecule has 1 fully saturated rings. The number of amides is 1. The van der Waals surface area contributed by atoms with E-state index in [-0.39, 0.29) is 5.91 Å². The maximum absolute atomic E-state index is 11.9. The number of hydrogen-bond acceptors (Lipinski definition) is 6. The van der Waals surface area contributed by atoms with Crippen LogP contribution >= 0.6 is 15.9 Å². The van der Waals surface area contributed by atoms with E-state index in [1.54, 1.807) is 13.3 Å². The van der Waals surface area contributed by atoms with Crippen LogP contribution in [0.1, 0.15) is 12.0 Å². The summed E-state index contributed by atoms with van der Waals surface area (Å²) in [4.78, 5) is 20.8. The van der Waals surface area contributed by atoms with Crippen LogP contribution in [0, 0.1) is 0 Å². The molecule has 1 aliphatic heterocycles. The third-order valence-electron chi connectivity index (χ3n) is 5.10. The van der Waals surface area contributed by atoms with Gasteiger partial charge in [-0.25, -0.2) is 4.98 Å². The van der Waals surface area contributed by atoms with Gasteiger partial charge in [-0.15, -0.1) is 0 Å². The predicted octanol–water partition coefficient (Wildman–Crippen LogP) is 2.70. The number of para-hydroxylation sites is 2. The summed E-state index contributed by atoms with van der Waals surface area (Å²) in [6.45, 7) is 6.35. The Bertz CT molecular complexity index is 795. The van der Waals surface area contributed by atoms with E-state index in [4.69, 9.17) is 9.47 Å². The summed E-state index contributed by atoms with van der Waals surface area (Å²) >= 11 is 3.30. The van der Waals surface area contributed by atoms with E-state index in [0.29, 0.717) is 26.2 Å². The highest BCUT2D eigenvalue weighted by atomic mass is 79.9. The van der Waals surface area contributed by atoms with Gasteiger partial charge in [0.2, 0.25) is 5.91 Å². The third-order valence-corrected chi connectivity index (χ3v) is 5.57. The quantitative estimate of drug-likeness (QED) is 0.420. The van der Waals surface area contributed by atoms with Crippen LogP contribution in [0.2, 0.25) is 0 Å². The molecule has 7 nitrogen and oxygen atoms in total. The fourth-order valence-corrected chi connectivity index (χ4v) is 3.60. The van der Waals surface area contributed by atoms with Crippen molar-refractivity contribution in [2.24, 2.45) is 0 Å². The molecular weight excluding hydrogens is 448 g/mol. The molecule has 2 aromatic rings. The van der Waals surface area contributed by atoms with Gasteiger partial charge in [0.05, 0.1) is 26.0 Å². The summed E-state index contributed by atoms with van der Waals surface area (Å²) in [5.41, 5.74) is 2.13. The lowest BCUT2D eigenvalue weighted by atomic mass is 10.2. The summed E-state index contributed by atoms with van der Waals surface area (Å²) < 4.78 is 11.9. The van der Waals surface area contributed by atoms with Crippen molar-refractivity contribution in [3.63, 3.8) is 0 Å². The molecule has 0 unspecified atom stereocenters. The van der Waals surface area contributed by atoms with E-state index in [2.05, 4.69) is 42.1 Å². The van der Waals surface area contributed by atoms with Crippen molar-refractivity contribution < 1.29 is 14.3 Å². The fourth-order valence-electron chi connectivity index (χ4n) is 3.36. The monoisotopic (exact) mass is 476 g/mol. The summed E-state index contributed by atoms with van der Waals surface area (Å²) in [6.07, 6.45) is 2.11. The summed E-state index contributed by atoms with van der Waals surface area (Å²) in [5, 5.41) is 2.89. The second-order valence-electron chi connectivity index (χ2n) is 7.13. The standard InChI is InChI=1S/C22H29BrN4O3/c1-29-20-5-3-2-4-19(20)27-11-9-26(10-12-27)13-15-30-14-8-22(28)25-17-18-6-7-21(23)24-16-18/h2-7,16H,8-15,17H2,1H3,(H,25,28). The minimum Gasteiger partial charge on any atom is -0.495 e. The maximum Gasteiger partial charge on any atom is 0.222 e. The molecule has 0 bridgehead atoms. The molecule has 162 valence electrons. The minimum absolute atomic E-state index is 0.0108. The molecule has 3 rings (SSSR count). The number of nitrogens with zero attached hydrogens (tertiary/aromatic N) is 3. The lowest BCUT2D eigenvalue weighted by Crippen LogP contribution is -2.47. The van der Waals surface area contributed by atoms with Crippen LogP contribution in [0.25, 0.3) is 0 Å². The molecule has 0 aliphatic carbocycles. The van der Waals surface area contributed by atoms with Crippen LogP contribution in [0.3, 0.4) is 0 Å². The molecule has 0 radical (unpaired) electrons. The van der Waals surface area contributed by atoms with E-state index in [1.807, 2.05) is 30.3 Å². The van der Waals surface area contributed by atoms with Gasteiger partial charge in [-0.1, -0.05) is 18.2 Å². The topological polar surface area (TPSA) is 66.9 Å². The lowest BCUT2D eigenvalue weighted by molar-refractivity contribution is -0.122. The van der Waals surface area contributed by atoms with E-state index in [0.717, 1.165) is 54.3 Å². The van der Waals surface area contributed by atoms with Gasteiger partial charge in [0.25, 0.3) is 0 Å². The van der Waals surface area contributed by atoms with Crippen molar-refractivity contribution in [2.75, 3.05) is 57.9 Å². The van der Waals surface area contributed by atoms with Crippen LogP contribution in [0.5, 0.6) is 5.75 Å². The highest BCUT2D eigenvalue weighted by Gasteiger charge is 2.19. The first-order chi connectivity index (χ1) is 14.7. The summed E-state index contributed by atoms with van der Waals surface area (Å²) in [6, 6.07) is 11.9. The van der Waals surface area contributed by atoms with Crippen molar-refractivity contribution in [1.82, 2.24) is 15.2 Å². The number of halogens is 1. The number of benzene rings is 1. The number of carbonyl (C=O) groups is 1. The molecule has 2 heterocycles. The van der Waals surface area contributed by atoms with Gasteiger partial charge in [-0.3, -0.25) is 9.69 Å². The Morgan fingerprint density at radius 1 is 1.13 bits per heavy atom. The molecule has 0 spiro atoms. The minimum atomic E-state index is -0.0108. The second-order valence-corrected chi connectivity index (χ2v) is 7.94. The Morgan fingerprint density at radius 3 is 2.67 bits per heavy atom. The molecule has 30 heavy (non-hydrogen) atoms. The lowest BCUT2D eigenvalue weighted by Gasteiger charge is -2.36. The average Bonchev–Trinajstić information content (AvgIpc) is 2.79. The van der Waals surface area contributed by atoms with Crippen LogP contribution in [-0.2, 0) is 16.1 Å². The van der Waals surface area contributed by atoms with Crippen LogP contribution in [0.15, 0.2) is 47.2 Å². The number of carbonyl (C=O) groups excluding carboxylic acids is 1. The Labute approximate surface area is 186 Å². The first-order valence-corrected chi connectivity index (χ1v) is 11.0. The average molecular weight is 477 g/mol. The fraction of sp³-hybridized carbons (Fsp3) is 0.455. The Balaban J connectivity index is 1.26. The Hall–Kier alpha value is -2.16. The molecule has 1 aromatic carbocycles.